The Morgan fingerprint density at radius 2 is 1.92 bits per heavy atom. The molecule has 0 spiro atoms. The van der Waals surface area contributed by atoms with Gasteiger partial charge in [-0.05, 0) is 65.4 Å². The van der Waals surface area contributed by atoms with Gasteiger partial charge in [0.05, 0.1) is 22.2 Å². The van der Waals surface area contributed by atoms with Crippen molar-refractivity contribution in [3.05, 3.63) is 67.8 Å². The average Bonchev–Trinajstić information content (AvgIpc) is 2.55. The fraction of sp³-hybridized carbons (Fsp3) is 0.222. The molecule has 0 unspecified atom stereocenters. The van der Waals surface area contributed by atoms with Gasteiger partial charge in [-0.2, -0.15) is 13.2 Å². The van der Waals surface area contributed by atoms with Crippen molar-refractivity contribution in [1.29, 1.82) is 0 Å². The summed E-state index contributed by atoms with van der Waals surface area (Å²) in [4.78, 5) is 17.5. The fourth-order valence-corrected chi connectivity index (χ4v) is 3.17. The Balaban J connectivity index is 2.32. The molecule has 130 valence electrons. The van der Waals surface area contributed by atoms with Gasteiger partial charge in [0, 0.05) is 9.99 Å². The van der Waals surface area contributed by atoms with Crippen LogP contribution in [0.3, 0.4) is 0 Å². The van der Waals surface area contributed by atoms with Crippen LogP contribution in [0.15, 0.2) is 47.3 Å². The Hall–Kier alpha value is -1.90. The van der Waals surface area contributed by atoms with Gasteiger partial charge < -0.3 is 0 Å². The summed E-state index contributed by atoms with van der Waals surface area (Å²) in [5.41, 5.74) is -0.415. The van der Waals surface area contributed by atoms with Gasteiger partial charge in [0.1, 0.15) is 5.82 Å². The minimum Gasteiger partial charge on any atom is -0.268 e. The lowest BCUT2D eigenvalue weighted by molar-refractivity contribution is -0.137. The first-order valence-electron chi connectivity index (χ1n) is 7.70. The second-order valence-electron chi connectivity index (χ2n) is 5.63. The van der Waals surface area contributed by atoms with Gasteiger partial charge in [0.2, 0.25) is 0 Å². The van der Waals surface area contributed by atoms with Crippen molar-refractivity contribution in [3.63, 3.8) is 0 Å². The molecule has 3 rings (SSSR count). The van der Waals surface area contributed by atoms with Crippen molar-refractivity contribution in [1.82, 2.24) is 9.55 Å². The maximum atomic E-state index is 13.0. The molecule has 0 aliphatic carbocycles. The summed E-state index contributed by atoms with van der Waals surface area (Å²) in [7, 11) is 0. The smallest absolute Gasteiger partial charge is 0.268 e. The molecule has 0 fully saturated rings. The number of rotatable bonds is 3. The van der Waals surface area contributed by atoms with Crippen LogP contribution < -0.4 is 5.56 Å². The van der Waals surface area contributed by atoms with Crippen molar-refractivity contribution >= 4 is 33.5 Å². The van der Waals surface area contributed by atoms with E-state index >= 15 is 0 Å². The van der Waals surface area contributed by atoms with Crippen LogP contribution in [0, 0.1) is 3.57 Å². The lowest BCUT2D eigenvalue weighted by Crippen LogP contribution is -2.24. The SMILES string of the molecule is CCCc1nc2ccc(I)cc2c(=O)n1-c1cccc(C(F)(F)F)c1. The van der Waals surface area contributed by atoms with E-state index in [1.54, 1.807) is 12.1 Å². The van der Waals surface area contributed by atoms with E-state index in [0.29, 0.717) is 23.1 Å². The van der Waals surface area contributed by atoms with E-state index in [-0.39, 0.29) is 11.2 Å². The Bertz CT molecular complexity index is 996. The zero-order valence-corrected chi connectivity index (χ0v) is 15.4. The lowest BCUT2D eigenvalue weighted by Gasteiger charge is -2.15. The third kappa shape index (κ3) is 3.56. The molecule has 0 atom stereocenters. The molecule has 25 heavy (non-hydrogen) atoms. The minimum atomic E-state index is -4.47. The maximum absolute atomic E-state index is 13.0. The number of aromatic nitrogens is 2. The van der Waals surface area contributed by atoms with Crippen LogP contribution in [0.1, 0.15) is 24.7 Å². The summed E-state index contributed by atoms with van der Waals surface area (Å²) in [6, 6.07) is 10.1. The van der Waals surface area contributed by atoms with Gasteiger partial charge in [-0.25, -0.2) is 4.98 Å². The average molecular weight is 458 g/mol. The first-order valence-corrected chi connectivity index (χ1v) is 8.78. The number of alkyl halides is 3. The molecule has 0 aliphatic rings. The molecular formula is C18H14F3IN2O. The van der Waals surface area contributed by atoms with Crippen LogP contribution in [0.2, 0.25) is 0 Å². The van der Waals surface area contributed by atoms with Gasteiger partial charge >= 0.3 is 6.18 Å². The normalized spacial score (nSPS) is 11.9. The van der Waals surface area contributed by atoms with E-state index in [9.17, 15) is 18.0 Å². The first kappa shape index (κ1) is 17.9. The second-order valence-corrected chi connectivity index (χ2v) is 6.87. The number of aryl methyl sites for hydroxylation is 1. The van der Waals surface area contributed by atoms with Crippen LogP contribution in [-0.2, 0) is 12.6 Å². The van der Waals surface area contributed by atoms with Gasteiger partial charge in [0.25, 0.3) is 5.56 Å². The molecule has 0 saturated heterocycles. The highest BCUT2D eigenvalue weighted by molar-refractivity contribution is 14.1. The second kappa shape index (κ2) is 6.78. The molecule has 1 aromatic heterocycles. The Morgan fingerprint density at radius 3 is 2.60 bits per heavy atom. The van der Waals surface area contributed by atoms with E-state index in [1.807, 2.05) is 13.0 Å². The number of hydrogen-bond donors (Lipinski definition) is 0. The summed E-state index contributed by atoms with van der Waals surface area (Å²) in [5, 5.41) is 0.393. The van der Waals surface area contributed by atoms with E-state index in [1.165, 1.54) is 16.7 Å². The molecule has 0 amide bonds. The number of halogens is 4. The summed E-state index contributed by atoms with van der Waals surface area (Å²) in [5.74, 6) is 0.459. The van der Waals surface area contributed by atoms with Gasteiger partial charge in [-0.15, -0.1) is 0 Å². The molecule has 0 N–H and O–H groups in total. The standard InChI is InChI=1S/C18H14F3IN2O/c1-2-4-16-23-15-8-7-12(22)10-14(15)17(25)24(16)13-6-3-5-11(9-13)18(19,20)21/h3,5-10H,2,4H2,1H3. The molecule has 3 aromatic rings. The lowest BCUT2D eigenvalue weighted by atomic mass is 10.1. The molecule has 0 bridgehead atoms. The third-order valence-corrected chi connectivity index (χ3v) is 4.48. The van der Waals surface area contributed by atoms with Gasteiger partial charge in [-0.3, -0.25) is 9.36 Å². The summed E-state index contributed by atoms with van der Waals surface area (Å²) < 4.78 is 41.3. The highest BCUT2D eigenvalue weighted by Gasteiger charge is 2.30. The summed E-state index contributed by atoms with van der Waals surface area (Å²) >= 11 is 2.09. The zero-order chi connectivity index (χ0) is 18.2. The Kier molecular flexibility index (Phi) is 4.86. The van der Waals surface area contributed by atoms with E-state index in [4.69, 9.17) is 0 Å². The number of benzene rings is 2. The molecule has 0 aliphatic heterocycles. The number of fused-ring (bicyclic) bond motifs is 1. The molecule has 3 nitrogen and oxygen atoms in total. The molecule has 1 heterocycles. The van der Waals surface area contributed by atoms with Crippen molar-refractivity contribution in [2.75, 3.05) is 0 Å². The highest BCUT2D eigenvalue weighted by Crippen LogP contribution is 2.30. The Labute approximate surface area is 155 Å². The van der Waals surface area contributed by atoms with Crippen LogP contribution in [0.25, 0.3) is 16.6 Å². The monoisotopic (exact) mass is 458 g/mol. The topological polar surface area (TPSA) is 34.9 Å². The molecule has 0 saturated carbocycles. The molecule has 7 heteroatoms. The maximum Gasteiger partial charge on any atom is 0.416 e. The summed E-state index contributed by atoms with van der Waals surface area (Å²) in [6.07, 6.45) is -3.25. The quantitative estimate of drug-likeness (QED) is 0.521. The van der Waals surface area contributed by atoms with Crippen LogP contribution >= 0.6 is 22.6 Å². The number of hydrogen-bond acceptors (Lipinski definition) is 2. The molecule has 0 radical (unpaired) electrons. The predicted molar refractivity (Wildman–Crippen MR) is 99.1 cm³/mol. The highest BCUT2D eigenvalue weighted by atomic mass is 127. The van der Waals surface area contributed by atoms with E-state index in [0.717, 1.165) is 22.1 Å². The first-order chi connectivity index (χ1) is 11.8. The Morgan fingerprint density at radius 1 is 1.16 bits per heavy atom. The van der Waals surface area contributed by atoms with E-state index < -0.39 is 11.7 Å². The largest absolute Gasteiger partial charge is 0.416 e. The van der Waals surface area contributed by atoms with Crippen molar-refractivity contribution < 1.29 is 13.2 Å². The van der Waals surface area contributed by atoms with Crippen LogP contribution in [0.4, 0.5) is 13.2 Å². The third-order valence-electron chi connectivity index (χ3n) is 3.81. The van der Waals surface area contributed by atoms with Crippen LogP contribution in [0.5, 0.6) is 0 Å². The van der Waals surface area contributed by atoms with Gasteiger partial charge in [0.15, 0.2) is 0 Å². The van der Waals surface area contributed by atoms with Crippen molar-refractivity contribution in [2.45, 2.75) is 25.9 Å². The summed E-state index contributed by atoms with van der Waals surface area (Å²) in [6.45, 7) is 1.93. The molecule has 2 aromatic carbocycles. The number of nitrogens with zero attached hydrogens (tertiary/aromatic N) is 2. The molecular weight excluding hydrogens is 444 g/mol. The zero-order valence-electron chi connectivity index (χ0n) is 13.3. The van der Waals surface area contributed by atoms with Gasteiger partial charge in [-0.1, -0.05) is 13.0 Å². The fourth-order valence-electron chi connectivity index (χ4n) is 2.68. The predicted octanol–water partition coefficient (Wildman–Crippen LogP) is 4.96. The van der Waals surface area contributed by atoms with Crippen LogP contribution in [-0.4, -0.2) is 9.55 Å². The minimum absolute atomic E-state index is 0.177. The van der Waals surface area contributed by atoms with Crippen molar-refractivity contribution in [2.24, 2.45) is 0 Å². The van der Waals surface area contributed by atoms with Crippen molar-refractivity contribution in [3.8, 4) is 5.69 Å². The van der Waals surface area contributed by atoms with E-state index in [2.05, 4.69) is 27.6 Å².